The van der Waals surface area contributed by atoms with Gasteiger partial charge in [-0.25, -0.2) is 9.97 Å². The first-order valence-electron chi connectivity index (χ1n) is 5.06. The zero-order chi connectivity index (χ0) is 11.5. The lowest BCUT2D eigenvalue weighted by atomic mass is 10.0. The summed E-state index contributed by atoms with van der Waals surface area (Å²) in [7, 11) is 1.65. The Hall–Kier alpha value is -1.00. The summed E-state index contributed by atoms with van der Waals surface area (Å²) in [4.78, 5) is 8.63. The molecule has 4 heteroatoms. The number of aliphatic hydroxyl groups is 1. The van der Waals surface area contributed by atoms with Crippen molar-refractivity contribution in [2.75, 3.05) is 7.11 Å². The average Bonchev–Trinajstić information content (AvgIpc) is 2.27. The summed E-state index contributed by atoms with van der Waals surface area (Å²) in [5.41, 5.74) is 1.01. The van der Waals surface area contributed by atoms with Gasteiger partial charge in [-0.05, 0) is 26.3 Å². The van der Waals surface area contributed by atoms with Crippen molar-refractivity contribution in [3.63, 3.8) is 0 Å². The molecule has 0 bridgehead atoms. The second-order valence-electron chi connectivity index (χ2n) is 3.77. The number of aromatic nitrogens is 2. The zero-order valence-corrected chi connectivity index (χ0v) is 9.74. The molecule has 0 radical (unpaired) electrons. The monoisotopic (exact) mass is 210 g/mol. The third kappa shape index (κ3) is 2.52. The van der Waals surface area contributed by atoms with Gasteiger partial charge in [-0.15, -0.1) is 0 Å². The second kappa shape index (κ2) is 4.68. The molecule has 1 aromatic heterocycles. The third-order valence-electron chi connectivity index (χ3n) is 2.67. The molecule has 0 saturated carbocycles. The first-order chi connectivity index (χ1) is 7.05. The molecular formula is C11H18N2O2. The van der Waals surface area contributed by atoms with E-state index in [4.69, 9.17) is 9.84 Å². The van der Waals surface area contributed by atoms with Crippen LogP contribution in [-0.2, 0) is 16.9 Å². The quantitative estimate of drug-likeness (QED) is 0.819. The number of hydrogen-bond donors (Lipinski definition) is 1. The molecule has 0 aliphatic rings. The van der Waals surface area contributed by atoms with Gasteiger partial charge in [-0.3, -0.25) is 0 Å². The van der Waals surface area contributed by atoms with Crippen LogP contribution >= 0.6 is 0 Å². The highest BCUT2D eigenvalue weighted by Gasteiger charge is 2.27. The molecule has 4 nitrogen and oxygen atoms in total. The van der Waals surface area contributed by atoms with Gasteiger partial charge in [0.2, 0.25) is 0 Å². The Kier molecular flexibility index (Phi) is 3.77. The maximum absolute atomic E-state index is 9.07. The van der Waals surface area contributed by atoms with Crippen molar-refractivity contribution in [1.82, 2.24) is 9.97 Å². The second-order valence-corrected chi connectivity index (χ2v) is 3.77. The van der Waals surface area contributed by atoms with E-state index in [0.717, 1.165) is 12.1 Å². The molecule has 1 aromatic rings. The Morgan fingerprint density at radius 1 is 1.47 bits per heavy atom. The van der Waals surface area contributed by atoms with Crippen LogP contribution in [0.1, 0.15) is 37.5 Å². The predicted molar refractivity (Wildman–Crippen MR) is 57.3 cm³/mol. The SMILES string of the molecule is CCC(C)(OC)c1nc(C)cc(CO)n1. The van der Waals surface area contributed by atoms with Gasteiger partial charge in [-0.2, -0.15) is 0 Å². The number of hydrogen-bond acceptors (Lipinski definition) is 4. The van der Waals surface area contributed by atoms with Crippen molar-refractivity contribution in [3.05, 3.63) is 23.3 Å². The van der Waals surface area contributed by atoms with Gasteiger partial charge < -0.3 is 9.84 Å². The lowest BCUT2D eigenvalue weighted by Crippen LogP contribution is -2.27. The molecule has 0 spiro atoms. The average molecular weight is 210 g/mol. The Bertz CT molecular complexity index is 335. The number of ether oxygens (including phenoxy) is 1. The van der Waals surface area contributed by atoms with Gasteiger partial charge in [0.15, 0.2) is 5.82 Å². The molecule has 84 valence electrons. The molecule has 0 aliphatic heterocycles. The van der Waals surface area contributed by atoms with Gasteiger partial charge in [0.05, 0.1) is 12.3 Å². The molecule has 15 heavy (non-hydrogen) atoms. The first kappa shape index (κ1) is 12.1. The molecule has 0 saturated heterocycles. The summed E-state index contributed by atoms with van der Waals surface area (Å²) < 4.78 is 5.42. The van der Waals surface area contributed by atoms with E-state index in [1.165, 1.54) is 0 Å². The lowest BCUT2D eigenvalue weighted by Gasteiger charge is -2.25. The minimum Gasteiger partial charge on any atom is -0.390 e. The molecule has 0 aliphatic carbocycles. The van der Waals surface area contributed by atoms with Gasteiger partial charge in [0.25, 0.3) is 0 Å². The Labute approximate surface area is 90.3 Å². The maximum Gasteiger partial charge on any atom is 0.160 e. The fourth-order valence-electron chi connectivity index (χ4n) is 1.34. The van der Waals surface area contributed by atoms with Gasteiger partial charge >= 0.3 is 0 Å². The van der Waals surface area contributed by atoms with Gasteiger partial charge in [0.1, 0.15) is 5.60 Å². The predicted octanol–water partition coefficient (Wildman–Crippen LogP) is 1.55. The minimum absolute atomic E-state index is 0.0696. The van der Waals surface area contributed by atoms with Crippen molar-refractivity contribution in [3.8, 4) is 0 Å². The maximum atomic E-state index is 9.07. The molecule has 1 N–H and O–H groups in total. The van der Waals surface area contributed by atoms with Crippen LogP contribution in [0, 0.1) is 6.92 Å². The first-order valence-corrected chi connectivity index (χ1v) is 5.06. The van der Waals surface area contributed by atoms with E-state index in [9.17, 15) is 0 Å². The number of aliphatic hydroxyl groups excluding tert-OH is 1. The Morgan fingerprint density at radius 2 is 2.13 bits per heavy atom. The molecule has 1 atom stereocenters. The smallest absolute Gasteiger partial charge is 0.160 e. The van der Waals surface area contributed by atoms with E-state index in [1.54, 1.807) is 13.2 Å². The third-order valence-corrected chi connectivity index (χ3v) is 2.67. The fourth-order valence-corrected chi connectivity index (χ4v) is 1.34. The molecule has 1 heterocycles. The fraction of sp³-hybridized carbons (Fsp3) is 0.636. The highest BCUT2D eigenvalue weighted by Crippen LogP contribution is 2.25. The molecule has 0 amide bonds. The van der Waals surface area contributed by atoms with Gasteiger partial charge in [0, 0.05) is 12.8 Å². The van der Waals surface area contributed by atoms with E-state index in [2.05, 4.69) is 9.97 Å². The highest BCUT2D eigenvalue weighted by molar-refractivity contribution is 5.13. The summed E-state index contributed by atoms with van der Waals surface area (Å²) in [6.45, 7) is 5.78. The van der Waals surface area contributed by atoms with Crippen LogP contribution in [0.25, 0.3) is 0 Å². The van der Waals surface area contributed by atoms with Crippen molar-refractivity contribution < 1.29 is 9.84 Å². The summed E-state index contributed by atoms with van der Waals surface area (Å²) in [6, 6.07) is 1.77. The topological polar surface area (TPSA) is 55.2 Å². The number of aryl methyl sites for hydroxylation is 1. The van der Waals surface area contributed by atoms with Crippen LogP contribution in [0.15, 0.2) is 6.07 Å². The summed E-state index contributed by atoms with van der Waals surface area (Å²) in [6.07, 6.45) is 0.790. The van der Waals surface area contributed by atoms with E-state index in [0.29, 0.717) is 11.5 Å². The van der Waals surface area contributed by atoms with Gasteiger partial charge in [-0.1, -0.05) is 6.92 Å². The van der Waals surface area contributed by atoms with E-state index >= 15 is 0 Å². The number of rotatable bonds is 4. The van der Waals surface area contributed by atoms with Crippen LogP contribution in [0.5, 0.6) is 0 Å². The summed E-state index contributed by atoms with van der Waals surface area (Å²) in [5.74, 6) is 0.636. The van der Waals surface area contributed by atoms with Crippen molar-refractivity contribution in [2.45, 2.75) is 39.4 Å². The molecule has 1 rings (SSSR count). The number of nitrogens with zero attached hydrogens (tertiary/aromatic N) is 2. The minimum atomic E-state index is -0.476. The van der Waals surface area contributed by atoms with Crippen LogP contribution in [0.2, 0.25) is 0 Å². The van der Waals surface area contributed by atoms with E-state index in [1.807, 2.05) is 20.8 Å². The van der Waals surface area contributed by atoms with E-state index < -0.39 is 5.60 Å². The van der Waals surface area contributed by atoms with Crippen LogP contribution in [0.4, 0.5) is 0 Å². The molecule has 0 aromatic carbocycles. The van der Waals surface area contributed by atoms with Crippen molar-refractivity contribution in [2.24, 2.45) is 0 Å². The Balaban J connectivity index is 3.18. The summed E-state index contributed by atoms with van der Waals surface area (Å²) >= 11 is 0. The largest absolute Gasteiger partial charge is 0.390 e. The van der Waals surface area contributed by atoms with Crippen LogP contribution < -0.4 is 0 Å². The van der Waals surface area contributed by atoms with Crippen LogP contribution in [-0.4, -0.2) is 22.2 Å². The highest BCUT2D eigenvalue weighted by atomic mass is 16.5. The lowest BCUT2D eigenvalue weighted by molar-refractivity contribution is -0.00945. The van der Waals surface area contributed by atoms with E-state index in [-0.39, 0.29) is 6.61 Å². The zero-order valence-electron chi connectivity index (χ0n) is 9.74. The molecule has 0 fully saturated rings. The Morgan fingerprint density at radius 3 is 2.60 bits per heavy atom. The van der Waals surface area contributed by atoms with Crippen molar-refractivity contribution >= 4 is 0 Å². The normalized spacial score (nSPS) is 15.0. The summed E-state index contributed by atoms with van der Waals surface area (Å²) in [5, 5.41) is 9.07. The standard InChI is InChI=1S/C11H18N2O2/c1-5-11(3,15-4)10-12-8(2)6-9(7-14)13-10/h6,14H,5,7H2,1-4H3. The van der Waals surface area contributed by atoms with Crippen LogP contribution in [0.3, 0.4) is 0 Å². The number of methoxy groups -OCH3 is 1. The molecular weight excluding hydrogens is 192 g/mol. The van der Waals surface area contributed by atoms with Crippen molar-refractivity contribution in [1.29, 1.82) is 0 Å². The molecule has 1 unspecified atom stereocenters.